The summed E-state index contributed by atoms with van der Waals surface area (Å²) in [5.41, 5.74) is -3.80. The number of likely N-dealkylation sites (N-methyl/N-ethyl adjacent to an activating group) is 1. The number of rotatable bonds is 6. The maximum atomic E-state index is 14.5. The van der Waals surface area contributed by atoms with Crippen LogP contribution in [0.1, 0.15) is 34.3 Å². The lowest BCUT2D eigenvalue weighted by Gasteiger charge is -2.38. The van der Waals surface area contributed by atoms with E-state index in [4.69, 9.17) is 26.2 Å². The molecule has 37 heavy (non-hydrogen) atoms. The molecule has 0 unspecified atom stereocenters. The molecular formula is C26H21ClF3NO6. The highest BCUT2D eigenvalue weighted by atomic mass is 35.5. The Hall–Kier alpha value is -3.76. The molecule has 0 radical (unpaired) electrons. The van der Waals surface area contributed by atoms with Gasteiger partial charge in [0, 0.05) is 18.0 Å². The normalized spacial score (nSPS) is 15.9. The molecule has 0 fully saturated rings. The second-order valence-corrected chi connectivity index (χ2v) is 8.93. The van der Waals surface area contributed by atoms with Gasteiger partial charge in [0.15, 0.2) is 12.2 Å². The molecule has 0 saturated heterocycles. The number of carboxylic acids is 1. The zero-order valence-electron chi connectivity index (χ0n) is 19.5. The maximum absolute atomic E-state index is 14.5. The van der Waals surface area contributed by atoms with E-state index in [1.54, 1.807) is 0 Å². The van der Waals surface area contributed by atoms with Gasteiger partial charge in [0.25, 0.3) is 5.91 Å². The first kappa shape index (κ1) is 26.3. The summed E-state index contributed by atoms with van der Waals surface area (Å²) >= 11 is 6.28. The van der Waals surface area contributed by atoms with Crippen LogP contribution in [-0.4, -0.2) is 41.9 Å². The second-order valence-electron chi connectivity index (χ2n) is 8.52. The van der Waals surface area contributed by atoms with E-state index in [2.05, 4.69) is 0 Å². The number of amides is 1. The van der Waals surface area contributed by atoms with Gasteiger partial charge in [-0.2, -0.15) is 13.2 Å². The molecule has 0 spiro atoms. The molecule has 194 valence electrons. The highest BCUT2D eigenvalue weighted by Crippen LogP contribution is 2.51. The van der Waals surface area contributed by atoms with Crippen molar-refractivity contribution in [1.82, 2.24) is 0 Å². The van der Waals surface area contributed by atoms with Crippen LogP contribution >= 0.6 is 11.6 Å². The van der Waals surface area contributed by atoms with E-state index in [0.29, 0.717) is 0 Å². The highest BCUT2D eigenvalue weighted by Gasteiger charge is 2.59. The third-order valence-corrected chi connectivity index (χ3v) is 6.66. The van der Waals surface area contributed by atoms with Crippen LogP contribution in [0.3, 0.4) is 0 Å². The minimum atomic E-state index is -5.13. The monoisotopic (exact) mass is 535 g/mol. The number of hydrogen-bond acceptors (Lipinski definition) is 5. The number of hydrogen-bond donors (Lipinski definition) is 2. The third kappa shape index (κ3) is 4.82. The summed E-state index contributed by atoms with van der Waals surface area (Å²) in [7, 11) is 1.41. The van der Waals surface area contributed by atoms with Crippen molar-refractivity contribution >= 4 is 29.2 Å². The summed E-state index contributed by atoms with van der Waals surface area (Å²) in [6.45, 7) is 0.940. The van der Waals surface area contributed by atoms with Gasteiger partial charge in [-0.1, -0.05) is 24.6 Å². The lowest BCUT2D eigenvalue weighted by Crippen LogP contribution is -2.47. The molecule has 0 bridgehead atoms. The molecule has 4 rings (SSSR count). The number of nitrogens with zero attached hydrogens (tertiary/aromatic N) is 1. The first-order valence-corrected chi connectivity index (χ1v) is 11.3. The van der Waals surface area contributed by atoms with Crippen LogP contribution in [0.5, 0.6) is 17.2 Å². The van der Waals surface area contributed by atoms with E-state index in [1.807, 2.05) is 0 Å². The third-order valence-electron chi connectivity index (χ3n) is 6.32. The molecule has 3 aromatic carbocycles. The number of benzene rings is 3. The number of aliphatic hydroxyl groups is 1. The van der Waals surface area contributed by atoms with Gasteiger partial charge in [0.05, 0.1) is 11.3 Å². The maximum Gasteiger partial charge on any atom is 0.422 e. The molecule has 1 amide bonds. The summed E-state index contributed by atoms with van der Waals surface area (Å²) < 4.78 is 54.6. The van der Waals surface area contributed by atoms with Crippen molar-refractivity contribution in [2.24, 2.45) is 0 Å². The van der Waals surface area contributed by atoms with Crippen molar-refractivity contribution in [3.05, 3.63) is 82.4 Å². The smallest absolute Gasteiger partial charge is 0.422 e. The Morgan fingerprint density at radius 1 is 1.08 bits per heavy atom. The van der Waals surface area contributed by atoms with Crippen LogP contribution in [0, 0.1) is 0 Å². The number of halogens is 4. The Labute approximate surface area is 214 Å². The topological polar surface area (TPSA) is 96.3 Å². The van der Waals surface area contributed by atoms with Crippen LogP contribution in [0.2, 0.25) is 5.02 Å². The summed E-state index contributed by atoms with van der Waals surface area (Å²) in [6.07, 6.45) is -5.13. The number of carboxylic acid groups (broad SMARTS) is 1. The van der Waals surface area contributed by atoms with Gasteiger partial charge in [0.2, 0.25) is 0 Å². The van der Waals surface area contributed by atoms with Gasteiger partial charge in [-0.15, -0.1) is 0 Å². The van der Waals surface area contributed by atoms with Crippen molar-refractivity contribution in [1.29, 1.82) is 0 Å². The number of anilines is 1. The molecule has 0 aliphatic carbocycles. The van der Waals surface area contributed by atoms with Gasteiger partial charge in [-0.25, -0.2) is 4.79 Å². The molecule has 2 atom stereocenters. The average molecular weight is 536 g/mol. The Kier molecular flexibility index (Phi) is 6.83. The van der Waals surface area contributed by atoms with Gasteiger partial charge < -0.3 is 24.6 Å². The first-order chi connectivity index (χ1) is 17.3. The Bertz CT molecular complexity index is 1360. The molecular weight excluding hydrogens is 515 g/mol. The van der Waals surface area contributed by atoms with Gasteiger partial charge >= 0.3 is 12.1 Å². The minimum Gasteiger partial charge on any atom is -0.482 e. The molecule has 0 aromatic heterocycles. The van der Waals surface area contributed by atoms with Crippen molar-refractivity contribution < 1.29 is 42.4 Å². The van der Waals surface area contributed by atoms with Crippen molar-refractivity contribution in [2.75, 3.05) is 18.6 Å². The average Bonchev–Trinajstić information content (AvgIpc) is 2.86. The summed E-state index contributed by atoms with van der Waals surface area (Å²) in [5, 5.41) is 20.3. The highest BCUT2D eigenvalue weighted by molar-refractivity contribution is 6.31. The van der Waals surface area contributed by atoms with E-state index < -0.39 is 35.1 Å². The van der Waals surface area contributed by atoms with Crippen LogP contribution < -0.4 is 14.4 Å². The van der Waals surface area contributed by atoms with E-state index in [9.17, 15) is 27.9 Å². The lowest BCUT2D eigenvalue weighted by molar-refractivity contribution is -0.274. The Morgan fingerprint density at radius 2 is 1.73 bits per heavy atom. The van der Waals surface area contributed by atoms with Gasteiger partial charge in [-0.05, 0) is 65.7 Å². The largest absolute Gasteiger partial charge is 0.482 e. The molecule has 1 aliphatic rings. The zero-order chi connectivity index (χ0) is 27.1. The van der Waals surface area contributed by atoms with Crippen molar-refractivity contribution in [2.45, 2.75) is 24.6 Å². The predicted molar refractivity (Wildman–Crippen MR) is 129 cm³/mol. The number of carbonyl (C=O) groups is 2. The van der Waals surface area contributed by atoms with E-state index >= 15 is 0 Å². The van der Waals surface area contributed by atoms with E-state index in [0.717, 1.165) is 12.1 Å². The van der Waals surface area contributed by atoms with Crippen molar-refractivity contribution in [3.63, 3.8) is 0 Å². The quantitative estimate of drug-likeness (QED) is 0.418. The molecule has 3 aromatic rings. The SMILES string of the molecule is C[C@@H](c1cc(Oc2ccc(C(=O)O)cc2)ccc1Cl)[C@](O)(c1ccc2c(c1)N(C)C(=O)CO2)C(F)(F)F. The second kappa shape index (κ2) is 9.60. The van der Waals surface area contributed by atoms with E-state index in [-0.39, 0.29) is 45.7 Å². The van der Waals surface area contributed by atoms with Crippen LogP contribution in [0.15, 0.2) is 60.7 Å². The molecule has 1 aliphatic heterocycles. The minimum absolute atomic E-state index is 0.0302. The number of ether oxygens (including phenoxy) is 2. The molecule has 2 N–H and O–H groups in total. The first-order valence-electron chi connectivity index (χ1n) is 11.0. The Morgan fingerprint density at radius 3 is 2.35 bits per heavy atom. The standard InChI is InChI=1S/C26H21ClF3NO6/c1-14(19-12-18(8-9-20(19)27)37-17-6-3-15(4-7-17)24(33)34)25(35,26(28,29)30)16-5-10-22-21(11-16)31(2)23(32)13-36-22/h3-12,14,35H,13H2,1-2H3,(H,33,34)/t14-,25-/m0/s1. The summed E-state index contributed by atoms with van der Waals surface area (Å²) in [5.74, 6) is -2.59. The predicted octanol–water partition coefficient (Wildman–Crippen LogP) is 5.74. The Balaban J connectivity index is 1.74. The van der Waals surface area contributed by atoms with Crippen LogP contribution in [0.25, 0.3) is 0 Å². The number of alkyl halides is 3. The molecule has 0 saturated carbocycles. The van der Waals surface area contributed by atoms with E-state index in [1.165, 1.54) is 67.4 Å². The van der Waals surface area contributed by atoms with Crippen LogP contribution in [-0.2, 0) is 10.4 Å². The molecule has 7 nitrogen and oxygen atoms in total. The fraction of sp³-hybridized carbons (Fsp3) is 0.231. The van der Waals surface area contributed by atoms with Crippen molar-refractivity contribution in [3.8, 4) is 17.2 Å². The summed E-state index contributed by atoms with van der Waals surface area (Å²) in [6, 6.07) is 13.0. The summed E-state index contributed by atoms with van der Waals surface area (Å²) in [4.78, 5) is 24.2. The molecule has 1 heterocycles. The fourth-order valence-corrected chi connectivity index (χ4v) is 4.39. The number of aromatic carboxylic acids is 1. The van der Waals surface area contributed by atoms with Crippen LogP contribution in [0.4, 0.5) is 18.9 Å². The number of fused-ring (bicyclic) bond motifs is 1. The van der Waals surface area contributed by atoms with Gasteiger partial charge in [-0.3, -0.25) is 4.79 Å². The van der Waals surface area contributed by atoms with Gasteiger partial charge in [0.1, 0.15) is 17.2 Å². The zero-order valence-corrected chi connectivity index (χ0v) is 20.3. The lowest BCUT2D eigenvalue weighted by atomic mass is 9.77. The fourth-order valence-electron chi connectivity index (χ4n) is 4.11. The molecule has 11 heteroatoms. The number of carbonyl (C=O) groups excluding carboxylic acids is 1.